The van der Waals surface area contributed by atoms with Crippen LogP contribution in [0, 0.1) is 15.5 Å². The number of ether oxygens (including phenoxy) is 1. The van der Waals surface area contributed by atoms with E-state index in [-0.39, 0.29) is 21.9 Å². The van der Waals surface area contributed by atoms with Crippen molar-refractivity contribution < 1.29 is 14.5 Å². The zero-order chi connectivity index (χ0) is 23.3. The highest BCUT2D eigenvalue weighted by Crippen LogP contribution is 2.31. The van der Waals surface area contributed by atoms with Gasteiger partial charge in [0.25, 0.3) is 11.6 Å². The van der Waals surface area contributed by atoms with Gasteiger partial charge in [-0.25, -0.2) is 0 Å². The van der Waals surface area contributed by atoms with Crippen LogP contribution in [-0.4, -0.2) is 55.1 Å². The largest absolute Gasteiger partial charge is 0.494 e. The standard InChI is InChI=1S/C24H32N4O4/c1-5-32-20-9-6-18(7-10-20)23(29)27-14-12-26(13-15-27)19-8-11-22(28(30)31)21(16-19)25-17-24(2,3)4/h6-11,16,25H,5,12-15,17H2,1-4H3. The number of benzene rings is 2. The first kappa shape index (κ1) is 23.4. The molecule has 8 nitrogen and oxygen atoms in total. The molecule has 1 aliphatic heterocycles. The molecule has 0 aromatic heterocycles. The maximum absolute atomic E-state index is 12.8. The third kappa shape index (κ3) is 5.90. The minimum Gasteiger partial charge on any atom is -0.494 e. The van der Waals surface area contributed by atoms with Crippen molar-refractivity contribution in [3.05, 3.63) is 58.1 Å². The van der Waals surface area contributed by atoms with Crippen LogP contribution in [0.2, 0.25) is 0 Å². The Balaban J connectivity index is 1.66. The van der Waals surface area contributed by atoms with E-state index in [0.29, 0.717) is 50.6 Å². The van der Waals surface area contributed by atoms with Crippen molar-refractivity contribution in [2.24, 2.45) is 5.41 Å². The number of amides is 1. The average Bonchev–Trinajstić information content (AvgIpc) is 2.77. The molecule has 1 aliphatic rings. The van der Waals surface area contributed by atoms with Crippen LogP contribution in [0.1, 0.15) is 38.1 Å². The first-order chi connectivity index (χ1) is 15.2. The molecule has 172 valence electrons. The molecule has 0 unspecified atom stereocenters. The summed E-state index contributed by atoms with van der Waals surface area (Å²) in [4.78, 5) is 27.9. The zero-order valence-corrected chi connectivity index (χ0v) is 19.3. The fraction of sp³-hybridized carbons (Fsp3) is 0.458. The predicted molar refractivity (Wildman–Crippen MR) is 127 cm³/mol. The third-order valence-electron chi connectivity index (χ3n) is 5.33. The van der Waals surface area contributed by atoms with Crippen molar-refractivity contribution >= 4 is 23.0 Å². The number of carbonyl (C=O) groups excluding carboxylic acids is 1. The predicted octanol–water partition coefficient (Wildman–Crippen LogP) is 4.41. The Labute approximate surface area is 189 Å². The van der Waals surface area contributed by atoms with Crippen molar-refractivity contribution in [3.63, 3.8) is 0 Å². The Morgan fingerprint density at radius 1 is 1.09 bits per heavy atom. The van der Waals surface area contributed by atoms with E-state index in [4.69, 9.17) is 4.74 Å². The summed E-state index contributed by atoms with van der Waals surface area (Å²) in [7, 11) is 0. The van der Waals surface area contributed by atoms with Gasteiger partial charge in [-0.2, -0.15) is 0 Å². The van der Waals surface area contributed by atoms with Crippen LogP contribution in [0.5, 0.6) is 5.75 Å². The number of nitrogens with zero attached hydrogens (tertiary/aromatic N) is 3. The number of nitro benzene ring substituents is 1. The summed E-state index contributed by atoms with van der Waals surface area (Å²) in [6, 6.07) is 12.4. The number of nitro groups is 1. The summed E-state index contributed by atoms with van der Waals surface area (Å²) in [6.45, 7) is 11.9. The van der Waals surface area contributed by atoms with E-state index < -0.39 is 0 Å². The van der Waals surface area contributed by atoms with Gasteiger partial charge < -0.3 is 19.9 Å². The van der Waals surface area contributed by atoms with E-state index >= 15 is 0 Å². The minimum absolute atomic E-state index is 0.00325. The second-order valence-electron chi connectivity index (χ2n) is 9.11. The molecule has 3 rings (SSSR count). The molecule has 32 heavy (non-hydrogen) atoms. The number of piperazine rings is 1. The lowest BCUT2D eigenvalue weighted by molar-refractivity contribution is -0.384. The maximum Gasteiger partial charge on any atom is 0.292 e. The first-order valence-corrected chi connectivity index (χ1v) is 11.0. The number of rotatable bonds is 7. The first-order valence-electron chi connectivity index (χ1n) is 11.0. The lowest BCUT2D eigenvalue weighted by Gasteiger charge is -2.36. The molecule has 1 heterocycles. The highest BCUT2D eigenvalue weighted by atomic mass is 16.6. The van der Waals surface area contributed by atoms with Crippen molar-refractivity contribution in [1.29, 1.82) is 0 Å². The molecule has 8 heteroatoms. The van der Waals surface area contributed by atoms with Gasteiger partial charge in [-0.1, -0.05) is 20.8 Å². The van der Waals surface area contributed by atoms with Crippen LogP contribution >= 0.6 is 0 Å². The molecular weight excluding hydrogens is 408 g/mol. The van der Waals surface area contributed by atoms with Gasteiger partial charge in [0.2, 0.25) is 0 Å². The average molecular weight is 441 g/mol. The Morgan fingerprint density at radius 2 is 1.75 bits per heavy atom. The molecule has 0 bridgehead atoms. The van der Waals surface area contributed by atoms with Crippen LogP contribution in [0.4, 0.5) is 17.1 Å². The lowest BCUT2D eigenvalue weighted by atomic mass is 9.97. The van der Waals surface area contributed by atoms with E-state index in [0.717, 1.165) is 11.4 Å². The monoisotopic (exact) mass is 440 g/mol. The highest BCUT2D eigenvalue weighted by Gasteiger charge is 2.24. The van der Waals surface area contributed by atoms with Crippen molar-refractivity contribution in [2.45, 2.75) is 27.7 Å². The van der Waals surface area contributed by atoms with E-state index in [1.807, 2.05) is 30.0 Å². The summed E-state index contributed by atoms with van der Waals surface area (Å²) in [5.41, 5.74) is 2.15. The molecule has 0 saturated carbocycles. The Hall–Kier alpha value is -3.29. The summed E-state index contributed by atoms with van der Waals surface area (Å²) < 4.78 is 5.44. The SMILES string of the molecule is CCOc1ccc(C(=O)N2CCN(c3ccc([N+](=O)[O-])c(NCC(C)(C)C)c3)CC2)cc1. The maximum atomic E-state index is 12.8. The quantitative estimate of drug-likeness (QED) is 0.507. The smallest absolute Gasteiger partial charge is 0.292 e. The Bertz CT molecular complexity index is 945. The number of anilines is 2. The normalized spacial score (nSPS) is 14.2. The Kier molecular flexibility index (Phi) is 7.22. The third-order valence-corrected chi connectivity index (χ3v) is 5.33. The van der Waals surface area contributed by atoms with Gasteiger partial charge in [0.1, 0.15) is 11.4 Å². The molecule has 0 spiro atoms. The van der Waals surface area contributed by atoms with Gasteiger partial charge in [0.05, 0.1) is 11.5 Å². The molecule has 2 aromatic carbocycles. The molecule has 1 fully saturated rings. The number of nitrogens with one attached hydrogen (secondary N) is 1. The summed E-state index contributed by atoms with van der Waals surface area (Å²) >= 11 is 0. The molecule has 1 N–H and O–H groups in total. The van der Waals surface area contributed by atoms with Gasteiger partial charge in [-0.3, -0.25) is 14.9 Å². The summed E-state index contributed by atoms with van der Waals surface area (Å²) in [5.74, 6) is 0.756. The van der Waals surface area contributed by atoms with Crippen LogP contribution in [-0.2, 0) is 0 Å². The molecule has 0 radical (unpaired) electrons. The van der Waals surface area contributed by atoms with Crippen molar-refractivity contribution in [3.8, 4) is 5.75 Å². The Morgan fingerprint density at radius 3 is 2.31 bits per heavy atom. The van der Waals surface area contributed by atoms with Crippen molar-refractivity contribution in [2.75, 3.05) is 49.5 Å². The second-order valence-corrected chi connectivity index (χ2v) is 9.11. The number of carbonyl (C=O) groups is 1. The molecule has 1 amide bonds. The van der Waals surface area contributed by atoms with E-state index in [1.165, 1.54) is 0 Å². The molecule has 1 saturated heterocycles. The van der Waals surface area contributed by atoms with Gasteiger partial charge in [0.15, 0.2) is 0 Å². The van der Waals surface area contributed by atoms with E-state index in [9.17, 15) is 14.9 Å². The minimum atomic E-state index is -0.359. The summed E-state index contributed by atoms with van der Waals surface area (Å²) in [5, 5.41) is 14.7. The molecular formula is C24H32N4O4. The topological polar surface area (TPSA) is 88.0 Å². The zero-order valence-electron chi connectivity index (χ0n) is 19.3. The number of hydrogen-bond acceptors (Lipinski definition) is 6. The van der Waals surface area contributed by atoms with Crippen LogP contribution in [0.25, 0.3) is 0 Å². The van der Waals surface area contributed by atoms with Gasteiger partial charge in [-0.15, -0.1) is 0 Å². The fourth-order valence-electron chi connectivity index (χ4n) is 3.59. The van der Waals surface area contributed by atoms with E-state index in [1.54, 1.807) is 24.3 Å². The lowest BCUT2D eigenvalue weighted by Crippen LogP contribution is -2.48. The highest BCUT2D eigenvalue weighted by molar-refractivity contribution is 5.94. The number of hydrogen-bond donors (Lipinski definition) is 1. The van der Waals surface area contributed by atoms with Crippen molar-refractivity contribution in [1.82, 2.24) is 4.90 Å². The van der Waals surface area contributed by atoms with Gasteiger partial charge in [0, 0.05) is 50.0 Å². The van der Waals surface area contributed by atoms with Crippen LogP contribution in [0.3, 0.4) is 0 Å². The molecule has 0 atom stereocenters. The van der Waals surface area contributed by atoms with Crippen LogP contribution in [0.15, 0.2) is 42.5 Å². The molecule has 0 aliphatic carbocycles. The van der Waals surface area contributed by atoms with Crippen LogP contribution < -0.4 is 15.0 Å². The van der Waals surface area contributed by atoms with Gasteiger partial charge in [-0.05, 0) is 48.7 Å². The second kappa shape index (κ2) is 9.89. The fourth-order valence-corrected chi connectivity index (χ4v) is 3.59. The van der Waals surface area contributed by atoms with E-state index in [2.05, 4.69) is 31.0 Å². The molecule has 2 aromatic rings. The summed E-state index contributed by atoms with van der Waals surface area (Å²) in [6.07, 6.45) is 0. The van der Waals surface area contributed by atoms with Gasteiger partial charge >= 0.3 is 0 Å².